The van der Waals surface area contributed by atoms with Crippen molar-refractivity contribution in [3.05, 3.63) is 52.9 Å². The summed E-state index contributed by atoms with van der Waals surface area (Å²) in [5.74, 6) is 0.832. The average molecular weight is 232 g/mol. The van der Waals surface area contributed by atoms with E-state index >= 15 is 0 Å². The van der Waals surface area contributed by atoms with Gasteiger partial charge in [0.1, 0.15) is 5.76 Å². The molecule has 0 aliphatic carbocycles. The van der Waals surface area contributed by atoms with Gasteiger partial charge in [-0.1, -0.05) is 35.5 Å². The van der Waals surface area contributed by atoms with Crippen molar-refractivity contribution in [2.24, 2.45) is 0 Å². The second-order valence-corrected chi connectivity index (χ2v) is 3.90. The summed E-state index contributed by atoms with van der Waals surface area (Å²) in [6, 6.07) is 10.0. The van der Waals surface area contributed by atoms with Gasteiger partial charge in [0, 0.05) is 5.56 Å². The van der Waals surface area contributed by atoms with Crippen LogP contribution < -0.4 is 5.48 Å². The number of hydrogen-bond acceptors (Lipinski definition) is 4. The summed E-state index contributed by atoms with van der Waals surface area (Å²) in [4.78, 5) is 5.38. The van der Waals surface area contributed by atoms with Crippen molar-refractivity contribution in [3.8, 4) is 0 Å². The van der Waals surface area contributed by atoms with Gasteiger partial charge in [-0.15, -0.1) is 0 Å². The van der Waals surface area contributed by atoms with E-state index in [-0.39, 0.29) is 0 Å². The molecule has 90 valence electrons. The zero-order valence-corrected chi connectivity index (χ0v) is 10.1. The van der Waals surface area contributed by atoms with Crippen molar-refractivity contribution in [3.63, 3.8) is 0 Å². The monoisotopic (exact) mass is 232 g/mol. The first-order valence-electron chi connectivity index (χ1n) is 5.57. The molecule has 4 nitrogen and oxygen atoms in total. The summed E-state index contributed by atoms with van der Waals surface area (Å²) in [6.45, 7) is 4.97. The number of rotatable bonds is 5. The molecule has 0 amide bonds. The van der Waals surface area contributed by atoms with Gasteiger partial charge in [-0.25, -0.2) is 0 Å². The normalized spacial score (nSPS) is 10.7. The highest BCUT2D eigenvalue weighted by atomic mass is 16.6. The smallest absolute Gasteiger partial charge is 0.138 e. The lowest BCUT2D eigenvalue weighted by atomic mass is 10.2. The van der Waals surface area contributed by atoms with Crippen molar-refractivity contribution < 1.29 is 9.36 Å². The maximum Gasteiger partial charge on any atom is 0.138 e. The molecule has 0 unspecified atom stereocenters. The van der Waals surface area contributed by atoms with Crippen molar-refractivity contribution in [1.82, 2.24) is 10.6 Å². The SMILES string of the molecule is Cc1noc(C)c1CNOCc1ccccc1. The summed E-state index contributed by atoms with van der Waals surface area (Å²) in [5, 5.41) is 3.88. The van der Waals surface area contributed by atoms with Crippen LogP contribution in [0.1, 0.15) is 22.6 Å². The van der Waals surface area contributed by atoms with E-state index in [1.807, 2.05) is 44.2 Å². The van der Waals surface area contributed by atoms with E-state index in [1.165, 1.54) is 0 Å². The molecule has 0 bridgehead atoms. The summed E-state index contributed by atoms with van der Waals surface area (Å²) >= 11 is 0. The van der Waals surface area contributed by atoms with Gasteiger partial charge in [-0.2, -0.15) is 5.48 Å². The molecule has 0 saturated heterocycles. The van der Waals surface area contributed by atoms with Gasteiger partial charge in [0.05, 0.1) is 18.8 Å². The standard InChI is InChI=1S/C13H16N2O2/c1-10-13(11(2)17-15-10)8-14-16-9-12-6-4-3-5-7-12/h3-7,14H,8-9H2,1-2H3. The predicted octanol–water partition coefficient (Wildman–Crippen LogP) is 2.51. The topological polar surface area (TPSA) is 47.3 Å². The van der Waals surface area contributed by atoms with Crippen LogP contribution in [0.3, 0.4) is 0 Å². The summed E-state index contributed by atoms with van der Waals surface area (Å²) < 4.78 is 5.07. The van der Waals surface area contributed by atoms with Crippen molar-refractivity contribution in [2.45, 2.75) is 27.0 Å². The molecule has 0 atom stereocenters. The van der Waals surface area contributed by atoms with Crippen LogP contribution in [0.2, 0.25) is 0 Å². The third-order valence-electron chi connectivity index (χ3n) is 2.61. The molecule has 0 radical (unpaired) electrons. The summed E-state index contributed by atoms with van der Waals surface area (Å²) in [6.07, 6.45) is 0. The minimum atomic E-state index is 0.546. The zero-order valence-electron chi connectivity index (χ0n) is 10.1. The lowest BCUT2D eigenvalue weighted by molar-refractivity contribution is 0.0232. The van der Waals surface area contributed by atoms with Crippen LogP contribution in [-0.2, 0) is 18.0 Å². The summed E-state index contributed by atoms with van der Waals surface area (Å²) in [7, 11) is 0. The lowest BCUT2D eigenvalue weighted by Gasteiger charge is -2.05. The van der Waals surface area contributed by atoms with Crippen molar-refractivity contribution in [2.75, 3.05) is 0 Å². The number of benzene rings is 1. The number of aromatic nitrogens is 1. The molecule has 1 N–H and O–H groups in total. The summed E-state index contributed by atoms with van der Waals surface area (Å²) in [5.41, 5.74) is 6.01. The van der Waals surface area contributed by atoms with Gasteiger partial charge in [0.15, 0.2) is 0 Å². The molecular weight excluding hydrogens is 216 g/mol. The van der Waals surface area contributed by atoms with Gasteiger partial charge < -0.3 is 4.52 Å². The van der Waals surface area contributed by atoms with E-state index in [1.54, 1.807) is 0 Å². The second-order valence-electron chi connectivity index (χ2n) is 3.90. The first-order valence-corrected chi connectivity index (χ1v) is 5.57. The fraction of sp³-hybridized carbons (Fsp3) is 0.308. The Bertz CT molecular complexity index is 446. The second kappa shape index (κ2) is 5.61. The molecule has 2 aromatic rings. The van der Waals surface area contributed by atoms with Gasteiger partial charge in [-0.05, 0) is 19.4 Å². The first kappa shape index (κ1) is 11.8. The predicted molar refractivity (Wildman–Crippen MR) is 64.0 cm³/mol. The Kier molecular flexibility index (Phi) is 3.90. The number of aryl methyl sites for hydroxylation is 2. The van der Waals surface area contributed by atoms with Crippen molar-refractivity contribution >= 4 is 0 Å². The van der Waals surface area contributed by atoms with E-state index in [9.17, 15) is 0 Å². The Morgan fingerprint density at radius 3 is 2.65 bits per heavy atom. The van der Waals surface area contributed by atoms with Crippen LogP contribution >= 0.6 is 0 Å². The molecule has 0 aliphatic heterocycles. The van der Waals surface area contributed by atoms with E-state index in [2.05, 4.69) is 10.6 Å². The van der Waals surface area contributed by atoms with Crippen LogP contribution in [0.5, 0.6) is 0 Å². The van der Waals surface area contributed by atoms with Crippen LogP contribution in [-0.4, -0.2) is 5.16 Å². The molecule has 2 rings (SSSR count). The van der Waals surface area contributed by atoms with Crippen LogP contribution in [0.25, 0.3) is 0 Å². The van der Waals surface area contributed by atoms with E-state index in [0.29, 0.717) is 13.2 Å². The third kappa shape index (κ3) is 3.15. The van der Waals surface area contributed by atoms with Crippen molar-refractivity contribution in [1.29, 1.82) is 0 Å². The molecule has 1 aromatic heterocycles. The highest BCUT2D eigenvalue weighted by Crippen LogP contribution is 2.11. The quantitative estimate of drug-likeness (QED) is 0.635. The Balaban J connectivity index is 1.77. The lowest BCUT2D eigenvalue weighted by Crippen LogP contribution is -2.14. The Morgan fingerprint density at radius 2 is 2.00 bits per heavy atom. The number of hydroxylamine groups is 1. The minimum absolute atomic E-state index is 0.546. The van der Waals surface area contributed by atoms with Crippen LogP contribution in [0, 0.1) is 13.8 Å². The maximum atomic E-state index is 5.38. The van der Waals surface area contributed by atoms with Crippen LogP contribution in [0.4, 0.5) is 0 Å². The molecule has 4 heteroatoms. The van der Waals surface area contributed by atoms with Gasteiger partial charge in [0.2, 0.25) is 0 Å². The van der Waals surface area contributed by atoms with Gasteiger partial charge in [-0.3, -0.25) is 4.84 Å². The maximum absolute atomic E-state index is 5.38. The third-order valence-corrected chi connectivity index (χ3v) is 2.61. The molecule has 17 heavy (non-hydrogen) atoms. The Hall–Kier alpha value is -1.65. The van der Waals surface area contributed by atoms with Gasteiger partial charge >= 0.3 is 0 Å². The highest BCUT2D eigenvalue weighted by Gasteiger charge is 2.07. The fourth-order valence-electron chi connectivity index (χ4n) is 1.59. The molecule has 0 spiro atoms. The Morgan fingerprint density at radius 1 is 1.24 bits per heavy atom. The number of hydrogen-bond donors (Lipinski definition) is 1. The molecule has 0 saturated carbocycles. The molecule has 1 aromatic carbocycles. The van der Waals surface area contributed by atoms with E-state index in [4.69, 9.17) is 9.36 Å². The first-order chi connectivity index (χ1) is 8.27. The minimum Gasteiger partial charge on any atom is -0.361 e. The fourth-order valence-corrected chi connectivity index (χ4v) is 1.59. The number of nitrogens with one attached hydrogen (secondary N) is 1. The van der Waals surface area contributed by atoms with E-state index < -0.39 is 0 Å². The van der Waals surface area contributed by atoms with Gasteiger partial charge in [0.25, 0.3) is 0 Å². The molecular formula is C13H16N2O2. The number of nitrogens with zero attached hydrogens (tertiary/aromatic N) is 1. The Labute approximate surface area is 101 Å². The zero-order chi connectivity index (χ0) is 12.1. The largest absolute Gasteiger partial charge is 0.361 e. The van der Waals surface area contributed by atoms with Crippen LogP contribution in [0.15, 0.2) is 34.9 Å². The molecule has 0 fully saturated rings. The average Bonchev–Trinajstić information content (AvgIpc) is 2.67. The van der Waals surface area contributed by atoms with E-state index in [0.717, 1.165) is 22.6 Å². The molecule has 1 heterocycles. The molecule has 0 aliphatic rings. The highest BCUT2D eigenvalue weighted by molar-refractivity contribution is 5.20.